The molecule has 0 aromatic heterocycles. The summed E-state index contributed by atoms with van der Waals surface area (Å²) in [7, 11) is 1.96. The first-order chi connectivity index (χ1) is 9.16. The van der Waals surface area contributed by atoms with Crippen LogP contribution in [0.2, 0.25) is 0 Å². The lowest BCUT2D eigenvalue weighted by molar-refractivity contribution is -0.121. The minimum Gasteiger partial charge on any atom is -0.365 e. The zero-order valence-electron chi connectivity index (χ0n) is 11.9. The van der Waals surface area contributed by atoms with E-state index in [9.17, 15) is 4.79 Å². The predicted octanol–water partition coefficient (Wildman–Crippen LogP) is 2.82. The van der Waals surface area contributed by atoms with Gasteiger partial charge in [0.1, 0.15) is 0 Å². The predicted molar refractivity (Wildman–Crippen MR) is 79.3 cm³/mol. The van der Waals surface area contributed by atoms with E-state index in [4.69, 9.17) is 0 Å². The number of anilines is 1. The Balaban J connectivity index is 1.84. The van der Waals surface area contributed by atoms with Gasteiger partial charge in [-0.2, -0.15) is 0 Å². The molecule has 104 valence electrons. The smallest absolute Gasteiger partial charge is 0.239 e. The molecule has 0 unspecified atom stereocenters. The average molecular weight is 260 g/mol. The van der Waals surface area contributed by atoms with E-state index in [0.29, 0.717) is 18.5 Å². The van der Waals surface area contributed by atoms with Crippen LogP contribution in [0, 0.1) is 5.92 Å². The van der Waals surface area contributed by atoms with Crippen molar-refractivity contribution in [3.8, 4) is 0 Å². The molecule has 1 aromatic carbocycles. The number of amides is 1. The molecule has 1 aliphatic carbocycles. The van der Waals surface area contributed by atoms with E-state index in [1.54, 1.807) is 0 Å². The molecule has 19 heavy (non-hydrogen) atoms. The summed E-state index contributed by atoms with van der Waals surface area (Å²) in [6.45, 7) is 2.66. The van der Waals surface area contributed by atoms with Crippen molar-refractivity contribution in [1.82, 2.24) is 5.32 Å². The Morgan fingerprint density at radius 3 is 2.63 bits per heavy atom. The van der Waals surface area contributed by atoms with Crippen molar-refractivity contribution in [2.75, 3.05) is 18.5 Å². The molecule has 1 aliphatic rings. The molecule has 3 heteroatoms. The van der Waals surface area contributed by atoms with Crippen LogP contribution in [-0.2, 0) is 4.79 Å². The van der Waals surface area contributed by atoms with Crippen molar-refractivity contribution in [2.24, 2.45) is 5.92 Å². The van der Waals surface area contributed by atoms with Gasteiger partial charge >= 0.3 is 0 Å². The molecular formula is C16H24N2O. The summed E-state index contributed by atoms with van der Waals surface area (Å²) < 4.78 is 0. The van der Waals surface area contributed by atoms with Crippen molar-refractivity contribution < 1.29 is 4.79 Å². The number of likely N-dealkylation sites (N-methyl/N-ethyl adjacent to an activating group) is 1. The Bertz CT molecular complexity index is 404. The molecule has 0 bridgehead atoms. The molecule has 0 saturated heterocycles. The second kappa shape index (κ2) is 6.60. The Labute approximate surface area is 116 Å². The summed E-state index contributed by atoms with van der Waals surface area (Å²) in [6, 6.07) is 10.4. The molecule has 0 aliphatic heterocycles. The van der Waals surface area contributed by atoms with Crippen molar-refractivity contribution in [3.63, 3.8) is 0 Å². The molecule has 1 fully saturated rings. The largest absolute Gasteiger partial charge is 0.365 e. The highest BCUT2D eigenvalue weighted by Crippen LogP contribution is 2.23. The molecule has 1 amide bonds. The van der Waals surface area contributed by atoms with Crippen molar-refractivity contribution in [3.05, 3.63) is 30.3 Å². The molecule has 1 aromatic rings. The van der Waals surface area contributed by atoms with Gasteiger partial charge in [-0.25, -0.2) is 0 Å². The van der Waals surface area contributed by atoms with Gasteiger partial charge in [0, 0.05) is 18.8 Å². The minimum absolute atomic E-state index is 0.130. The van der Waals surface area contributed by atoms with Crippen LogP contribution in [0.15, 0.2) is 30.3 Å². The van der Waals surface area contributed by atoms with E-state index >= 15 is 0 Å². The van der Waals surface area contributed by atoms with Crippen LogP contribution in [0.4, 0.5) is 5.69 Å². The van der Waals surface area contributed by atoms with Crippen LogP contribution in [0.1, 0.15) is 32.6 Å². The Hall–Kier alpha value is -1.51. The van der Waals surface area contributed by atoms with Gasteiger partial charge < -0.3 is 10.2 Å². The molecule has 3 nitrogen and oxygen atoms in total. The van der Waals surface area contributed by atoms with Gasteiger partial charge in [0.05, 0.1) is 6.54 Å². The lowest BCUT2D eigenvalue weighted by Crippen LogP contribution is -2.45. The monoisotopic (exact) mass is 260 g/mol. The van der Waals surface area contributed by atoms with Crippen molar-refractivity contribution in [1.29, 1.82) is 0 Å². The fourth-order valence-corrected chi connectivity index (χ4v) is 2.77. The second-order valence-corrected chi connectivity index (χ2v) is 5.63. The molecular weight excluding hydrogens is 236 g/mol. The number of para-hydroxylation sites is 1. The minimum atomic E-state index is 0.130. The number of benzene rings is 1. The fourth-order valence-electron chi connectivity index (χ4n) is 2.77. The van der Waals surface area contributed by atoms with Crippen LogP contribution < -0.4 is 10.2 Å². The first-order valence-corrected chi connectivity index (χ1v) is 7.22. The number of hydrogen-bond donors (Lipinski definition) is 1. The van der Waals surface area contributed by atoms with Crippen molar-refractivity contribution in [2.45, 2.75) is 38.6 Å². The molecule has 2 rings (SSSR count). The normalized spacial score (nSPS) is 22.8. The third-order valence-electron chi connectivity index (χ3n) is 4.04. The standard InChI is InChI=1S/C16H24N2O/c1-13-8-6-7-11-15(13)17-16(19)12-18(2)14-9-4-3-5-10-14/h3-5,9-10,13,15H,6-8,11-12H2,1-2H3,(H,17,19)/t13-,15-/m0/s1. The van der Waals surface area contributed by atoms with E-state index in [1.807, 2.05) is 42.3 Å². The molecule has 1 N–H and O–H groups in total. The quantitative estimate of drug-likeness (QED) is 0.903. The van der Waals surface area contributed by atoms with E-state index in [0.717, 1.165) is 12.1 Å². The van der Waals surface area contributed by atoms with E-state index in [1.165, 1.54) is 19.3 Å². The number of carbonyl (C=O) groups is 1. The van der Waals surface area contributed by atoms with Gasteiger partial charge in [0.25, 0.3) is 0 Å². The van der Waals surface area contributed by atoms with Crippen LogP contribution >= 0.6 is 0 Å². The SMILES string of the molecule is C[C@H]1CCCC[C@@H]1NC(=O)CN(C)c1ccccc1. The average Bonchev–Trinajstić information content (AvgIpc) is 2.42. The van der Waals surface area contributed by atoms with E-state index < -0.39 is 0 Å². The third kappa shape index (κ3) is 3.98. The maximum Gasteiger partial charge on any atom is 0.239 e. The highest BCUT2D eigenvalue weighted by Gasteiger charge is 2.22. The van der Waals surface area contributed by atoms with E-state index in [2.05, 4.69) is 12.2 Å². The number of hydrogen-bond acceptors (Lipinski definition) is 2. The summed E-state index contributed by atoms with van der Waals surface area (Å²) in [4.78, 5) is 14.1. The number of carbonyl (C=O) groups excluding carboxylic acids is 1. The lowest BCUT2D eigenvalue weighted by atomic mass is 9.86. The van der Waals surface area contributed by atoms with Crippen LogP contribution in [-0.4, -0.2) is 25.5 Å². The lowest BCUT2D eigenvalue weighted by Gasteiger charge is -2.30. The number of nitrogens with zero attached hydrogens (tertiary/aromatic N) is 1. The zero-order valence-corrected chi connectivity index (χ0v) is 11.9. The van der Waals surface area contributed by atoms with Crippen molar-refractivity contribution >= 4 is 11.6 Å². The summed E-state index contributed by atoms with van der Waals surface area (Å²) in [5, 5.41) is 3.19. The molecule has 0 heterocycles. The summed E-state index contributed by atoms with van der Waals surface area (Å²) >= 11 is 0. The Morgan fingerprint density at radius 1 is 1.26 bits per heavy atom. The molecule has 2 atom stereocenters. The number of nitrogens with one attached hydrogen (secondary N) is 1. The van der Waals surface area contributed by atoms with Crippen LogP contribution in [0.5, 0.6) is 0 Å². The maximum absolute atomic E-state index is 12.1. The van der Waals surface area contributed by atoms with Gasteiger partial charge in [-0.05, 0) is 30.9 Å². The van der Waals surface area contributed by atoms with Crippen LogP contribution in [0.25, 0.3) is 0 Å². The first kappa shape index (κ1) is 13.9. The third-order valence-corrected chi connectivity index (χ3v) is 4.04. The van der Waals surface area contributed by atoms with Gasteiger partial charge in [-0.3, -0.25) is 4.79 Å². The fraction of sp³-hybridized carbons (Fsp3) is 0.562. The molecule has 1 saturated carbocycles. The first-order valence-electron chi connectivity index (χ1n) is 7.22. The van der Waals surface area contributed by atoms with Crippen LogP contribution in [0.3, 0.4) is 0 Å². The maximum atomic E-state index is 12.1. The second-order valence-electron chi connectivity index (χ2n) is 5.63. The molecule has 0 radical (unpaired) electrons. The Kier molecular flexibility index (Phi) is 4.83. The summed E-state index contributed by atoms with van der Waals surface area (Å²) in [5.74, 6) is 0.741. The van der Waals surface area contributed by atoms with Gasteiger partial charge in [0.2, 0.25) is 5.91 Å². The number of rotatable bonds is 4. The van der Waals surface area contributed by atoms with E-state index in [-0.39, 0.29) is 5.91 Å². The highest BCUT2D eigenvalue weighted by atomic mass is 16.2. The topological polar surface area (TPSA) is 32.3 Å². The summed E-state index contributed by atoms with van der Waals surface area (Å²) in [6.07, 6.45) is 4.91. The Morgan fingerprint density at radius 2 is 1.95 bits per heavy atom. The van der Waals surface area contributed by atoms with Gasteiger partial charge in [-0.1, -0.05) is 38.0 Å². The van der Waals surface area contributed by atoms with Gasteiger partial charge in [-0.15, -0.1) is 0 Å². The molecule has 0 spiro atoms. The zero-order chi connectivity index (χ0) is 13.7. The summed E-state index contributed by atoms with van der Waals surface area (Å²) in [5.41, 5.74) is 1.08. The highest BCUT2D eigenvalue weighted by molar-refractivity contribution is 5.81. The van der Waals surface area contributed by atoms with Gasteiger partial charge in [0.15, 0.2) is 0 Å².